The molecule has 1 N–H and O–H groups in total. The van der Waals surface area contributed by atoms with Crippen LogP contribution >= 0.6 is 15.9 Å². The van der Waals surface area contributed by atoms with Crippen LogP contribution in [0.2, 0.25) is 0 Å². The summed E-state index contributed by atoms with van der Waals surface area (Å²) in [5.74, 6) is -0.740. The molecule has 3 rings (SSSR count). The molecule has 1 aliphatic rings. The minimum Gasteiger partial charge on any atom is -0.363 e. The number of carbonyl (C=O) groups excluding carboxylic acids is 1. The number of likely N-dealkylation sites (tertiary alicyclic amines) is 1. The maximum absolute atomic E-state index is 14.1. The monoisotopic (exact) mass is 336 g/mol. The molecule has 1 amide bonds. The Hall–Kier alpha value is -1.62. The van der Waals surface area contributed by atoms with Gasteiger partial charge in [-0.05, 0) is 53.0 Å². The van der Waals surface area contributed by atoms with Crippen LogP contribution < -0.4 is 0 Å². The molecule has 1 atom stereocenters. The number of nitrogens with one attached hydrogen (secondary N) is 1. The third-order valence-electron chi connectivity index (χ3n) is 3.68. The van der Waals surface area contributed by atoms with Gasteiger partial charge in [0.15, 0.2) is 0 Å². The number of rotatable bonds is 2. The van der Waals surface area contributed by atoms with E-state index < -0.39 is 5.82 Å². The minimum atomic E-state index is -0.491. The molecule has 1 saturated heterocycles. The van der Waals surface area contributed by atoms with Crippen LogP contribution in [0.5, 0.6) is 0 Å². The fourth-order valence-electron chi connectivity index (χ4n) is 2.71. The quantitative estimate of drug-likeness (QED) is 0.887. The van der Waals surface area contributed by atoms with E-state index in [2.05, 4.69) is 20.9 Å². The summed E-state index contributed by atoms with van der Waals surface area (Å²) in [5.41, 5.74) is 1.13. The number of halogens is 2. The highest BCUT2D eigenvalue weighted by Gasteiger charge is 2.32. The Morgan fingerprint density at radius 3 is 2.95 bits per heavy atom. The Labute approximate surface area is 124 Å². The molecular weight excluding hydrogens is 323 g/mol. The van der Waals surface area contributed by atoms with Crippen molar-refractivity contribution in [3.8, 4) is 0 Å². The highest BCUT2D eigenvalue weighted by molar-refractivity contribution is 9.10. The van der Waals surface area contributed by atoms with Crippen molar-refractivity contribution in [3.05, 3.63) is 58.1 Å². The highest BCUT2D eigenvalue weighted by Crippen LogP contribution is 2.33. The van der Waals surface area contributed by atoms with E-state index in [-0.39, 0.29) is 17.5 Å². The van der Waals surface area contributed by atoms with E-state index in [1.54, 1.807) is 17.0 Å². The molecule has 20 heavy (non-hydrogen) atoms. The molecule has 0 saturated carbocycles. The van der Waals surface area contributed by atoms with E-state index in [0.29, 0.717) is 11.0 Å². The number of aromatic nitrogens is 1. The second-order valence-corrected chi connectivity index (χ2v) is 5.74. The van der Waals surface area contributed by atoms with Crippen molar-refractivity contribution in [3.63, 3.8) is 0 Å². The SMILES string of the molecule is O=C(c1cccc(Br)c1F)N1CCCC1c1ccc[nH]1. The molecule has 2 heterocycles. The van der Waals surface area contributed by atoms with Crippen LogP contribution in [0.15, 0.2) is 41.0 Å². The zero-order valence-corrected chi connectivity index (χ0v) is 12.4. The summed E-state index contributed by atoms with van der Waals surface area (Å²) in [7, 11) is 0. The molecule has 0 spiro atoms. The molecule has 1 aliphatic heterocycles. The second-order valence-electron chi connectivity index (χ2n) is 4.88. The number of hydrogen-bond donors (Lipinski definition) is 1. The lowest BCUT2D eigenvalue weighted by atomic mass is 10.1. The van der Waals surface area contributed by atoms with Gasteiger partial charge in [0.2, 0.25) is 0 Å². The van der Waals surface area contributed by atoms with Crippen molar-refractivity contribution in [1.29, 1.82) is 0 Å². The Morgan fingerprint density at radius 2 is 2.20 bits per heavy atom. The van der Waals surface area contributed by atoms with Gasteiger partial charge in [-0.2, -0.15) is 0 Å². The van der Waals surface area contributed by atoms with Crippen LogP contribution in [0.4, 0.5) is 4.39 Å². The van der Waals surface area contributed by atoms with Crippen molar-refractivity contribution in [2.75, 3.05) is 6.54 Å². The maximum atomic E-state index is 14.1. The first-order chi connectivity index (χ1) is 9.68. The van der Waals surface area contributed by atoms with Gasteiger partial charge in [-0.3, -0.25) is 4.79 Å². The molecule has 1 unspecified atom stereocenters. The van der Waals surface area contributed by atoms with E-state index >= 15 is 0 Å². The number of hydrogen-bond acceptors (Lipinski definition) is 1. The van der Waals surface area contributed by atoms with Gasteiger partial charge in [0.05, 0.1) is 16.1 Å². The molecule has 0 radical (unpaired) electrons. The van der Waals surface area contributed by atoms with Crippen LogP contribution in [0.25, 0.3) is 0 Å². The van der Waals surface area contributed by atoms with Crippen molar-refractivity contribution >= 4 is 21.8 Å². The van der Waals surface area contributed by atoms with Crippen LogP contribution in [-0.2, 0) is 0 Å². The van der Waals surface area contributed by atoms with Crippen molar-refractivity contribution < 1.29 is 9.18 Å². The standard InChI is InChI=1S/C15H14BrFN2O/c16-11-5-1-4-10(14(11)17)15(20)19-9-3-7-13(19)12-6-2-8-18-12/h1-2,4-6,8,13,18H,3,7,9H2. The average molecular weight is 337 g/mol. The largest absolute Gasteiger partial charge is 0.363 e. The van der Waals surface area contributed by atoms with Gasteiger partial charge in [-0.15, -0.1) is 0 Å². The summed E-state index contributed by atoms with van der Waals surface area (Å²) in [6, 6.07) is 8.70. The number of benzene rings is 1. The minimum absolute atomic E-state index is 0.0101. The fraction of sp³-hybridized carbons (Fsp3) is 0.267. The number of nitrogens with zero attached hydrogens (tertiary/aromatic N) is 1. The summed E-state index contributed by atoms with van der Waals surface area (Å²) >= 11 is 3.12. The van der Waals surface area contributed by atoms with E-state index in [9.17, 15) is 9.18 Å². The third kappa shape index (κ3) is 2.26. The summed E-state index contributed by atoms with van der Waals surface area (Å²) in [4.78, 5) is 17.5. The van der Waals surface area contributed by atoms with Crippen LogP contribution in [0.3, 0.4) is 0 Å². The molecule has 1 aromatic heterocycles. The lowest BCUT2D eigenvalue weighted by Gasteiger charge is -2.24. The Bertz CT molecular complexity index is 627. The number of aromatic amines is 1. The Kier molecular flexibility index (Phi) is 3.61. The Balaban J connectivity index is 1.92. The smallest absolute Gasteiger partial charge is 0.257 e. The zero-order valence-electron chi connectivity index (χ0n) is 10.8. The lowest BCUT2D eigenvalue weighted by molar-refractivity contribution is 0.0728. The van der Waals surface area contributed by atoms with Gasteiger partial charge in [0.25, 0.3) is 5.91 Å². The molecule has 0 bridgehead atoms. The lowest BCUT2D eigenvalue weighted by Crippen LogP contribution is -2.31. The van der Waals surface area contributed by atoms with Gasteiger partial charge in [0, 0.05) is 18.4 Å². The molecule has 0 aliphatic carbocycles. The third-order valence-corrected chi connectivity index (χ3v) is 4.29. The maximum Gasteiger partial charge on any atom is 0.257 e. The van der Waals surface area contributed by atoms with Crippen molar-refractivity contribution in [2.24, 2.45) is 0 Å². The number of H-pyrrole nitrogens is 1. The summed E-state index contributed by atoms with van der Waals surface area (Å²) < 4.78 is 14.4. The molecule has 5 heteroatoms. The predicted molar refractivity (Wildman–Crippen MR) is 77.9 cm³/mol. The molecule has 1 aromatic carbocycles. The molecular formula is C15H14BrFN2O. The second kappa shape index (κ2) is 5.40. The molecule has 2 aromatic rings. The normalized spacial score (nSPS) is 18.5. The first kappa shape index (κ1) is 13.4. The summed E-state index contributed by atoms with van der Waals surface area (Å²) in [6.07, 6.45) is 3.68. The van der Waals surface area contributed by atoms with Gasteiger partial charge in [-0.1, -0.05) is 6.07 Å². The molecule has 104 valence electrons. The topological polar surface area (TPSA) is 36.1 Å². The highest BCUT2D eigenvalue weighted by atomic mass is 79.9. The van der Waals surface area contributed by atoms with E-state index in [4.69, 9.17) is 0 Å². The van der Waals surface area contributed by atoms with Crippen molar-refractivity contribution in [2.45, 2.75) is 18.9 Å². The van der Waals surface area contributed by atoms with E-state index in [1.165, 1.54) is 6.07 Å². The van der Waals surface area contributed by atoms with Gasteiger partial charge in [0.1, 0.15) is 5.82 Å². The Morgan fingerprint density at radius 1 is 1.35 bits per heavy atom. The first-order valence-electron chi connectivity index (χ1n) is 6.57. The summed E-state index contributed by atoms with van der Waals surface area (Å²) in [5, 5.41) is 0. The fourth-order valence-corrected chi connectivity index (χ4v) is 3.07. The van der Waals surface area contributed by atoms with Gasteiger partial charge < -0.3 is 9.88 Å². The predicted octanol–water partition coefficient (Wildman–Crippen LogP) is 3.89. The summed E-state index contributed by atoms with van der Waals surface area (Å²) in [6.45, 7) is 0.661. The van der Waals surface area contributed by atoms with Crippen LogP contribution in [0.1, 0.15) is 34.9 Å². The van der Waals surface area contributed by atoms with E-state index in [0.717, 1.165) is 18.5 Å². The first-order valence-corrected chi connectivity index (χ1v) is 7.36. The molecule has 3 nitrogen and oxygen atoms in total. The zero-order chi connectivity index (χ0) is 14.1. The van der Waals surface area contributed by atoms with E-state index in [1.807, 2.05) is 18.3 Å². The number of amides is 1. The van der Waals surface area contributed by atoms with Crippen LogP contribution in [-0.4, -0.2) is 22.3 Å². The van der Waals surface area contributed by atoms with Gasteiger partial charge >= 0.3 is 0 Å². The van der Waals surface area contributed by atoms with Crippen LogP contribution in [0, 0.1) is 5.82 Å². The van der Waals surface area contributed by atoms with Crippen molar-refractivity contribution in [1.82, 2.24) is 9.88 Å². The average Bonchev–Trinajstić information content (AvgIpc) is 3.10. The number of carbonyl (C=O) groups is 1. The molecule has 1 fully saturated rings. The van der Waals surface area contributed by atoms with Gasteiger partial charge in [-0.25, -0.2) is 4.39 Å².